The van der Waals surface area contributed by atoms with Gasteiger partial charge in [0.25, 0.3) is 0 Å². The molecule has 0 radical (unpaired) electrons. The van der Waals surface area contributed by atoms with E-state index in [0.717, 1.165) is 16.7 Å². The molecule has 2 atom stereocenters. The summed E-state index contributed by atoms with van der Waals surface area (Å²) in [6, 6.07) is 13.8. The number of ether oxygens (including phenoxy) is 1. The van der Waals surface area contributed by atoms with E-state index in [0.29, 0.717) is 23.3 Å². The Balaban J connectivity index is 1.30. The van der Waals surface area contributed by atoms with Crippen LogP contribution in [-0.4, -0.2) is 29.3 Å². The second-order valence-electron chi connectivity index (χ2n) is 7.64. The summed E-state index contributed by atoms with van der Waals surface area (Å²) < 4.78 is 20.2. The Labute approximate surface area is 172 Å². The van der Waals surface area contributed by atoms with E-state index in [9.17, 15) is 14.0 Å². The maximum atomic E-state index is 14.2. The van der Waals surface area contributed by atoms with Crippen LogP contribution in [-0.2, 0) is 11.2 Å². The highest BCUT2D eigenvalue weighted by Gasteiger charge is 2.35. The lowest BCUT2D eigenvalue weighted by Gasteiger charge is -2.16. The number of aromatic nitrogens is 1. The van der Waals surface area contributed by atoms with Crippen LogP contribution in [0.5, 0.6) is 5.75 Å². The zero-order chi connectivity index (χ0) is 20.7. The Bertz CT molecular complexity index is 1150. The second-order valence-corrected chi connectivity index (χ2v) is 7.64. The number of carbonyl (C=O) groups excluding carboxylic acids is 2. The van der Waals surface area contributed by atoms with Crippen molar-refractivity contribution in [2.24, 2.45) is 0 Å². The van der Waals surface area contributed by atoms with Gasteiger partial charge in [0.2, 0.25) is 5.91 Å². The van der Waals surface area contributed by atoms with E-state index in [1.807, 2.05) is 18.2 Å². The van der Waals surface area contributed by atoms with Crippen molar-refractivity contribution in [3.8, 4) is 16.9 Å². The van der Waals surface area contributed by atoms with Crippen LogP contribution in [0.4, 0.5) is 4.39 Å². The van der Waals surface area contributed by atoms with Gasteiger partial charge in [-0.25, -0.2) is 4.39 Å². The molecular formula is C24H19FN2O3. The molecule has 2 aromatic carbocycles. The van der Waals surface area contributed by atoms with Gasteiger partial charge in [-0.3, -0.25) is 14.6 Å². The summed E-state index contributed by atoms with van der Waals surface area (Å²) in [5.74, 6) is -0.369. The minimum Gasteiger partial charge on any atom is -0.487 e. The number of benzene rings is 2. The number of pyridine rings is 1. The van der Waals surface area contributed by atoms with Crippen LogP contribution in [0.25, 0.3) is 11.1 Å². The number of hydrogen-bond donors (Lipinski definition) is 1. The summed E-state index contributed by atoms with van der Waals surface area (Å²) in [6.07, 6.45) is 3.72. The van der Waals surface area contributed by atoms with Gasteiger partial charge in [0.15, 0.2) is 5.78 Å². The Kier molecular flexibility index (Phi) is 4.54. The van der Waals surface area contributed by atoms with Crippen LogP contribution in [0, 0.1) is 5.82 Å². The SMILES string of the molecule is O=C1C[C@@H](C(=O)NC[C@@H]2Cc3cc(F)cc(-c4cccnc4)c3O2)c2ccccc21. The fourth-order valence-electron chi connectivity index (χ4n) is 4.28. The van der Waals surface area contributed by atoms with Crippen LogP contribution < -0.4 is 10.1 Å². The van der Waals surface area contributed by atoms with Gasteiger partial charge in [0.1, 0.15) is 17.7 Å². The van der Waals surface area contributed by atoms with Crippen LogP contribution in [0.3, 0.4) is 0 Å². The minimum absolute atomic E-state index is 0.00754. The molecule has 0 saturated heterocycles. The number of fused-ring (bicyclic) bond motifs is 2. The Morgan fingerprint density at radius 3 is 2.83 bits per heavy atom. The standard InChI is InChI=1S/C24H19FN2O3/c25-16-8-15-9-17(30-23(15)20(10-16)14-4-3-7-26-12-14)13-27-24(29)21-11-22(28)19-6-2-1-5-18(19)21/h1-8,10,12,17,21H,9,11,13H2,(H,27,29)/t17-,21+/m0/s1. The Hall–Kier alpha value is -3.54. The summed E-state index contributed by atoms with van der Waals surface area (Å²) in [7, 11) is 0. The molecule has 150 valence electrons. The summed E-state index contributed by atoms with van der Waals surface area (Å²) in [5, 5.41) is 2.91. The zero-order valence-electron chi connectivity index (χ0n) is 16.1. The largest absolute Gasteiger partial charge is 0.487 e. The number of hydrogen-bond acceptors (Lipinski definition) is 4. The van der Waals surface area contributed by atoms with Gasteiger partial charge in [0, 0.05) is 47.5 Å². The normalized spacial score (nSPS) is 19.2. The summed E-state index contributed by atoms with van der Waals surface area (Å²) in [4.78, 5) is 29.0. The van der Waals surface area contributed by atoms with Gasteiger partial charge in [-0.2, -0.15) is 0 Å². The molecule has 30 heavy (non-hydrogen) atoms. The van der Waals surface area contributed by atoms with E-state index < -0.39 is 5.92 Å². The quantitative estimate of drug-likeness (QED) is 0.723. The fraction of sp³-hybridized carbons (Fsp3) is 0.208. The van der Waals surface area contributed by atoms with Crippen LogP contribution in [0.15, 0.2) is 60.9 Å². The molecule has 0 saturated carbocycles. The van der Waals surface area contributed by atoms with Crippen molar-refractivity contribution >= 4 is 11.7 Å². The third kappa shape index (κ3) is 3.24. The predicted octanol–water partition coefficient (Wildman–Crippen LogP) is 3.68. The number of halogens is 1. The lowest BCUT2D eigenvalue weighted by Crippen LogP contribution is -2.37. The lowest BCUT2D eigenvalue weighted by atomic mass is 10.00. The number of Topliss-reactive ketones (excluding diaryl/α,β-unsaturated/α-hetero) is 1. The van der Waals surface area contributed by atoms with E-state index in [-0.39, 0.29) is 36.6 Å². The smallest absolute Gasteiger partial charge is 0.228 e. The van der Waals surface area contributed by atoms with Crippen LogP contribution >= 0.6 is 0 Å². The molecule has 5 nitrogen and oxygen atoms in total. The van der Waals surface area contributed by atoms with Gasteiger partial charge in [-0.05, 0) is 23.8 Å². The van der Waals surface area contributed by atoms with Gasteiger partial charge in [-0.15, -0.1) is 0 Å². The van der Waals surface area contributed by atoms with Crippen molar-refractivity contribution in [1.29, 1.82) is 0 Å². The first-order chi connectivity index (χ1) is 14.6. The maximum Gasteiger partial charge on any atom is 0.228 e. The first-order valence-electron chi connectivity index (χ1n) is 9.89. The van der Waals surface area contributed by atoms with Crippen molar-refractivity contribution in [2.75, 3.05) is 6.54 Å². The van der Waals surface area contributed by atoms with E-state index in [1.165, 1.54) is 12.1 Å². The molecule has 0 unspecified atom stereocenters. The lowest BCUT2D eigenvalue weighted by molar-refractivity contribution is -0.122. The van der Waals surface area contributed by atoms with Gasteiger partial charge in [0.05, 0.1) is 12.5 Å². The zero-order valence-corrected chi connectivity index (χ0v) is 16.1. The molecule has 0 fully saturated rings. The van der Waals surface area contributed by atoms with E-state index in [1.54, 1.807) is 30.6 Å². The summed E-state index contributed by atoms with van der Waals surface area (Å²) in [5.41, 5.74) is 3.60. The maximum absolute atomic E-state index is 14.2. The van der Waals surface area contributed by atoms with Crippen molar-refractivity contribution in [3.63, 3.8) is 0 Å². The Morgan fingerprint density at radius 2 is 2.00 bits per heavy atom. The second kappa shape index (κ2) is 7.37. The molecule has 1 amide bonds. The highest BCUT2D eigenvalue weighted by molar-refractivity contribution is 6.06. The van der Waals surface area contributed by atoms with E-state index in [2.05, 4.69) is 10.3 Å². The summed E-state index contributed by atoms with van der Waals surface area (Å²) in [6.45, 7) is 0.286. The molecule has 6 heteroatoms. The van der Waals surface area contributed by atoms with E-state index in [4.69, 9.17) is 4.74 Å². The molecule has 0 spiro atoms. The molecule has 1 N–H and O–H groups in total. The Morgan fingerprint density at radius 1 is 1.13 bits per heavy atom. The van der Waals surface area contributed by atoms with Crippen LogP contribution in [0.2, 0.25) is 0 Å². The van der Waals surface area contributed by atoms with Crippen molar-refractivity contribution in [1.82, 2.24) is 10.3 Å². The monoisotopic (exact) mass is 402 g/mol. The summed E-state index contributed by atoms with van der Waals surface area (Å²) >= 11 is 0. The fourth-order valence-corrected chi connectivity index (χ4v) is 4.28. The molecule has 2 heterocycles. The third-order valence-electron chi connectivity index (χ3n) is 5.68. The number of amides is 1. The average Bonchev–Trinajstić information content (AvgIpc) is 3.33. The number of ketones is 1. The molecule has 5 rings (SSSR count). The van der Waals surface area contributed by atoms with Gasteiger partial charge < -0.3 is 10.1 Å². The highest BCUT2D eigenvalue weighted by atomic mass is 19.1. The highest BCUT2D eigenvalue weighted by Crippen LogP contribution is 2.39. The molecular weight excluding hydrogens is 383 g/mol. The number of rotatable bonds is 4. The van der Waals surface area contributed by atoms with Gasteiger partial charge in [-0.1, -0.05) is 30.3 Å². The molecule has 1 aliphatic heterocycles. The van der Waals surface area contributed by atoms with Crippen LogP contribution in [0.1, 0.15) is 33.8 Å². The molecule has 1 aromatic heterocycles. The third-order valence-corrected chi connectivity index (χ3v) is 5.68. The van der Waals surface area contributed by atoms with Crippen molar-refractivity contribution in [3.05, 3.63) is 83.4 Å². The molecule has 3 aromatic rings. The minimum atomic E-state index is -0.471. The molecule has 1 aliphatic carbocycles. The van der Waals surface area contributed by atoms with Crippen molar-refractivity contribution in [2.45, 2.75) is 24.9 Å². The first-order valence-corrected chi connectivity index (χ1v) is 9.89. The van der Waals surface area contributed by atoms with Gasteiger partial charge >= 0.3 is 0 Å². The number of nitrogens with zero attached hydrogens (tertiary/aromatic N) is 1. The molecule has 2 aliphatic rings. The first kappa shape index (κ1) is 18.5. The number of carbonyl (C=O) groups is 2. The predicted molar refractivity (Wildman–Crippen MR) is 109 cm³/mol. The molecule has 0 bridgehead atoms. The van der Waals surface area contributed by atoms with Crippen molar-refractivity contribution < 1.29 is 18.7 Å². The topological polar surface area (TPSA) is 68.3 Å². The average molecular weight is 402 g/mol. The number of nitrogens with one attached hydrogen (secondary N) is 1. The van der Waals surface area contributed by atoms with E-state index >= 15 is 0 Å².